The number of alkyl halides is 2. The smallest absolute Gasteiger partial charge is 0.329 e. The summed E-state index contributed by atoms with van der Waals surface area (Å²) in [5, 5.41) is 2.56. The van der Waals surface area contributed by atoms with Gasteiger partial charge in [-0.15, -0.1) is 0 Å². The van der Waals surface area contributed by atoms with E-state index in [1.54, 1.807) is 0 Å². The molecule has 0 radical (unpaired) electrons. The number of thioether (sulfide) groups is 1. The van der Waals surface area contributed by atoms with E-state index < -0.39 is 29.8 Å². The minimum atomic E-state index is -2.51. The molecule has 26 heavy (non-hydrogen) atoms. The summed E-state index contributed by atoms with van der Waals surface area (Å²) < 4.78 is 29.7. The van der Waals surface area contributed by atoms with Crippen molar-refractivity contribution in [1.29, 1.82) is 0 Å². The maximum Gasteiger partial charge on any atom is 0.329 e. The first kappa shape index (κ1) is 20.2. The van der Waals surface area contributed by atoms with E-state index in [-0.39, 0.29) is 5.91 Å². The fourth-order valence-corrected chi connectivity index (χ4v) is 3.16. The van der Waals surface area contributed by atoms with E-state index in [0.29, 0.717) is 41.7 Å². The van der Waals surface area contributed by atoms with Gasteiger partial charge in [-0.2, -0.15) is 8.78 Å². The monoisotopic (exact) mass is 386 g/mol. The molecule has 2 rings (SSSR count). The number of ether oxygens (including phenoxy) is 1. The van der Waals surface area contributed by atoms with Crippen LogP contribution in [0.15, 0.2) is 29.2 Å². The molecule has 0 aromatic heterocycles. The largest absolute Gasteiger partial charge is 0.451 e. The van der Waals surface area contributed by atoms with E-state index in [1.165, 1.54) is 43.0 Å². The molecule has 0 bridgehead atoms. The van der Waals surface area contributed by atoms with Gasteiger partial charge in [0.25, 0.3) is 11.7 Å². The Labute approximate surface area is 154 Å². The standard InChI is InChI=1S/C17H20F2N2O4S/c1-10(25-16(24)14-4-3-9-21(14)11(2)22)15(23)20-12-5-7-13(8-6-12)26-17(18)19/h5-8,10,14,17H,3-4,9H2,1-2H3,(H,20,23)/t10-,14+/m1/s1. The Hall–Kier alpha value is -2.16. The van der Waals surface area contributed by atoms with Gasteiger partial charge in [-0.1, -0.05) is 11.8 Å². The molecule has 0 spiro atoms. The number of nitrogens with zero attached hydrogens (tertiary/aromatic N) is 1. The van der Waals surface area contributed by atoms with Crippen molar-refractivity contribution >= 4 is 35.2 Å². The highest BCUT2D eigenvalue weighted by Crippen LogP contribution is 2.26. The summed E-state index contributed by atoms with van der Waals surface area (Å²) >= 11 is 0.410. The highest BCUT2D eigenvalue weighted by molar-refractivity contribution is 7.99. The number of hydrogen-bond acceptors (Lipinski definition) is 5. The number of hydrogen-bond donors (Lipinski definition) is 1. The summed E-state index contributed by atoms with van der Waals surface area (Å²) in [4.78, 5) is 37.7. The Bertz CT molecular complexity index is 669. The molecule has 1 aliphatic heterocycles. The Morgan fingerprint density at radius 2 is 1.92 bits per heavy atom. The van der Waals surface area contributed by atoms with Gasteiger partial charge in [-0.25, -0.2) is 4.79 Å². The fourth-order valence-electron chi connectivity index (χ4n) is 2.66. The van der Waals surface area contributed by atoms with Gasteiger partial charge in [0.15, 0.2) is 6.10 Å². The lowest BCUT2D eigenvalue weighted by atomic mass is 10.2. The lowest BCUT2D eigenvalue weighted by molar-refractivity contribution is -0.159. The lowest BCUT2D eigenvalue weighted by Crippen LogP contribution is -2.42. The quantitative estimate of drug-likeness (QED) is 0.601. The molecule has 2 amide bonds. The van der Waals surface area contributed by atoms with Crippen LogP contribution in [0.4, 0.5) is 14.5 Å². The first-order valence-corrected chi connectivity index (χ1v) is 8.99. The van der Waals surface area contributed by atoms with Crippen LogP contribution < -0.4 is 5.32 Å². The first-order chi connectivity index (χ1) is 12.3. The van der Waals surface area contributed by atoms with Crippen LogP contribution in [0, 0.1) is 0 Å². The summed E-state index contributed by atoms with van der Waals surface area (Å²) in [5.41, 5.74) is 0.405. The van der Waals surface area contributed by atoms with Crippen LogP contribution in [0.3, 0.4) is 0 Å². The highest BCUT2D eigenvalue weighted by atomic mass is 32.2. The molecule has 0 saturated carbocycles. The minimum absolute atomic E-state index is 0.205. The maximum absolute atomic E-state index is 12.3. The number of carbonyl (C=O) groups excluding carboxylic acids is 3. The molecule has 1 aromatic rings. The summed E-state index contributed by atoms with van der Waals surface area (Å²) in [7, 11) is 0. The Morgan fingerprint density at radius 3 is 2.50 bits per heavy atom. The van der Waals surface area contributed by atoms with Gasteiger partial charge >= 0.3 is 5.97 Å². The summed E-state index contributed by atoms with van der Waals surface area (Å²) in [6.45, 7) is 3.32. The predicted octanol–water partition coefficient (Wildman–Crippen LogP) is 2.88. The third-order valence-corrected chi connectivity index (χ3v) is 4.66. The number of carbonyl (C=O) groups is 3. The average molecular weight is 386 g/mol. The van der Waals surface area contributed by atoms with Gasteiger partial charge in [-0.3, -0.25) is 9.59 Å². The number of likely N-dealkylation sites (tertiary alicyclic amines) is 1. The SMILES string of the molecule is CC(=O)N1CCC[C@H]1C(=O)O[C@H](C)C(=O)Nc1ccc(SC(F)F)cc1. The number of esters is 1. The first-order valence-electron chi connectivity index (χ1n) is 8.11. The van der Waals surface area contributed by atoms with Crippen LogP contribution in [0.1, 0.15) is 26.7 Å². The minimum Gasteiger partial charge on any atom is -0.451 e. The zero-order valence-electron chi connectivity index (χ0n) is 14.4. The molecule has 1 N–H and O–H groups in total. The van der Waals surface area contributed by atoms with Crippen molar-refractivity contribution in [2.45, 2.75) is 49.5 Å². The van der Waals surface area contributed by atoms with E-state index >= 15 is 0 Å². The molecule has 142 valence electrons. The second-order valence-corrected chi connectivity index (χ2v) is 6.91. The molecular formula is C17H20F2N2O4S. The van der Waals surface area contributed by atoms with Gasteiger partial charge in [0.1, 0.15) is 6.04 Å². The molecule has 9 heteroatoms. The average Bonchev–Trinajstić information content (AvgIpc) is 3.06. The van der Waals surface area contributed by atoms with Crippen molar-refractivity contribution in [3.05, 3.63) is 24.3 Å². The third kappa shape index (κ3) is 5.42. The number of rotatable bonds is 6. The van der Waals surface area contributed by atoms with Crippen molar-refractivity contribution in [2.75, 3.05) is 11.9 Å². The number of benzene rings is 1. The summed E-state index contributed by atoms with van der Waals surface area (Å²) in [6.07, 6.45) is 0.172. The number of anilines is 1. The Morgan fingerprint density at radius 1 is 1.27 bits per heavy atom. The van der Waals surface area contributed by atoms with Crippen LogP contribution in [-0.2, 0) is 19.1 Å². The topological polar surface area (TPSA) is 75.7 Å². The summed E-state index contributed by atoms with van der Waals surface area (Å²) in [6, 6.07) is 5.25. The third-order valence-electron chi connectivity index (χ3n) is 3.94. The Kier molecular flexibility index (Phi) is 6.96. The summed E-state index contributed by atoms with van der Waals surface area (Å²) in [5.74, 6) is -3.87. The van der Waals surface area contributed by atoms with E-state index in [4.69, 9.17) is 4.74 Å². The van der Waals surface area contributed by atoms with Crippen LogP contribution >= 0.6 is 11.8 Å². The van der Waals surface area contributed by atoms with Crippen LogP contribution in [0.2, 0.25) is 0 Å². The van der Waals surface area contributed by atoms with Gasteiger partial charge in [0.2, 0.25) is 5.91 Å². The molecule has 1 aromatic carbocycles. The van der Waals surface area contributed by atoms with Crippen LogP contribution in [0.5, 0.6) is 0 Å². The van der Waals surface area contributed by atoms with Crippen molar-refractivity contribution in [2.24, 2.45) is 0 Å². The number of nitrogens with one attached hydrogen (secondary N) is 1. The van der Waals surface area contributed by atoms with Gasteiger partial charge in [0.05, 0.1) is 0 Å². The molecule has 6 nitrogen and oxygen atoms in total. The van der Waals surface area contributed by atoms with Crippen molar-refractivity contribution < 1.29 is 27.9 Å². The van der Waals surface area contributed by atoms with Crippen LogP contribution in [-0.4, -0.2) is 47.1 Å². The molecule has 1 fully saturated rings. The van der Waals surface area contributed by atoms with E-state index in [0.717, 1.165) is 0 Å². The lowest BCUT2D eigenvalue weighted by Gasteiger charge is -2.23. The second-order valence-electron chi connectivity index (χ2n) is 5.84. The van der Waals surface area contributed by atoms with Gasteiger partial charge in [-0.05, 0) is 44.0 Å². The highest BCUT2D eigenvalue weighted by Gasteiger charge is 2.35. The second kappa shape index (κ2) is 8.98. The van der Waals surface area contributed by atoms with Crippen molar-refractivity contribution in [3.8, 4) is 0 Å². The normalized spacial score (nSPS) is 17.9. The fraction of sp³-hybridized carbons (Fsp3) is 0.471. The predicted molar refractivity (Wildman–Crippen MR) is 92.9 cm³/mol. The van der Waals surface area contributed by atoms with Gasteiger partial charge < -0.3 is 15.0 Å². The van der Waals surface area contributed by atoms with E-state index in [9.17, 15) is 23.2 Å². The molecular weight excluding hydrogens is 366 g/mol. The molecule has 0 aliphatic carbocycles. The molecule has 1 heterocycles. The maximum atomic E-state index is 12.3. The molecule has 1 aliphatic rings. The van der Waals surface area contributed by atoms with E-state index in [2.05, 4.69) is 5.32 Å². The number of amides is 2. The van der Waals surface area contributed by atoms with Crippen LogP contribution in [0.25, 0.3) is 0 Å². The zero-order valence-corrected chi connectivity index (χ0v) is 15.2. The number of halogens is 2. The molecule has 1 saturated heterocycles. The Balaban J connectivity index is 1.89. The van der Waals surface area contributed by atoms with Crippen molar-refractivity contribution in [1.82, 2.24) is 4.90 Å². The van der Waals surface area contributed by atoms with E-state index in [1.807, 2.05) is 0 Å². The zero-order chi connectivity index (χ0) is 19.3. The molecule has 2 atom stereocenters. The van der Waals surface area contributed by atoms with Gasteiger partial charge in [0, 0.05) is 24.1 Å². The molecule has 0 unspecified atom stereocenters. The van der Waals surface area contributed by atoms with Crippen molar-refractivity contribution in [3.63, 3.8) is 0 Å².